The first-order chi connectivity index (χ1) is 11.2. The molecule has 23 heavy (non-hydrogen) atoms. The van der Waals surface area contributed by atoms with Crippen molar-refractivity contribution in [1.82, 2.24) is 10.2 Å². The molecule has 2 aliphatic heterocycles. The summed E-state index contributed by atoms with van der Waals surface area (Å²) in [6.07, 6.45) is 2.41. The highest BCUT2D eigenvalue weighted by atomic mass is 32.1. The average molecular weight is 327 g/mol. The van der Waals surface area contributed by atoms with Gasteiger partial charge in [-0.1, -0.05) is 12.1 Å². The Balaban J connectivity index is 1.44. The molecular formula is C18H21N3OS. The van der Waals surface area contributed by atoms with Crippen molar-refractivity contribution in [1.29, 1.82) is 0 Å². The van der Waals surface area contributed by atoms with Gasteiger partial charge in [-0.2, -0.15) is 0 Å². The van der Waals surface area contributed by atoms with Crippen LogP contribution in [0.15, 0.2) is 36.4 Å². The van der Waals surface area contributed by atoms with Crippen molar-refractivity contribution >= 4 is 22.9 Å². The van der Waals surface area contributed by atoms with E-state index in [0.29, 0.717) is 6.04 Å². The number of carbonyl (C=O) groups is 1. The van der Waals surface area contributed by atoms with Gasteiger partial charge in [0.2, 0.25) is 0 Å². The normalized spacial score (nSPS) is 26.2. The number of thiophene rings is 1. The first-order valence-corrected chi connectivity index (χ1v) is 8.98. The van der Waals surface area contributed by atoms with E-state index in [1.165, 1.54) is 30.8 Å². The molecule has 5 heteroatoms. The molecule has 0 spiro atoms. The van der Waals surface area contributed by atoms with Crippen LogP contribution in [0.5, 0.6) is 0 Å². The molecule has 2 fully saturated rings. The van der Waals surface area contributed by atoms with Gasteiger partial charge in [0.25, 0.3) is 5.91 Å². The summed E-state index contributed by atoms with van der Waals surface area (Å²) in [5, 5.41) is 3.22. The lowest BCUT2D eigenvalue weighted by atomic mass is 9.97. The van der Waals surface area contributed by atoms with Gasteiger partial charge in [-0.25, -0.2) is 0 Å². The second kappa shape index (κ2) is 5.98. The van der Waals surface area contributed by atoms with Crippen molar-refractivity contribution in [3.05, 3.63) is 41.3 Å². The Morgan fingerprint density at radius 2 is 2.00 bits per heavy atom. The Kier molecular flexibility index (Phi) is 3.83. The molecule has 1 aromatic carbocycles. The molecule has 0 radical (unpaired) electrons. The number of piperidine rings is 1. The van der Waals surface area contributed by atoms with Gasteiger partial charge in [0, 0.05) is 29.7 Å². The molecule has 1 aromatic heterocycles. The number of hydrogen-bond donors (Lipinski definition) is 2. The van der Waals surface area contributed by atoms with E-state index in [1.807, 2.05) is 36.4 Å². The maximum atomic E-state index is 12.5. The van der Waals surface area contributed by atoms with E-state index in [0.717, 1.165) is 39.9 Å². The smallest absolute Gasteiger partial charge is 0.261 e. The number of amides is 1. The van der Waals surface area contributed by atoms with Crippen molar-refractivity contribution in [2.24, 2.45) is 5.92 Å². The van der Waals surface area contributed by atoms with Gasteiger partial charge < -0.3 is 16.0 Å². The first-order valence-electron chi connectivity index (χ1n) is 8.16. The molecule has 0 saturated carbocycles. The Hall–Kier alpha value is -1.85. The lowest BCUT2D eigenvalue weighted by Gasteiger charge is -2.30. The molecule has 3 heterocycles. The van der Waals surface area contributed by atoms with Gasteiger partial charge in [0.1, 0.15) is 0 Å². The molecule has 4 nitrogen and oxygen atoms in total. The van der Waals surface area contributed by atoms with Gasteiger partial charge in [-0.15, -0.1) is 11.3 Å². The third kappa shape index (κ3) is 3.12. The van der Waals surface area contributed by atoms with Gasteiger partial charge in [0.15, 0.2) is 0 Å². The van der Waals surface area contributed by atoms with Crippen LogP contribution in [0.2, 0.25) is 0 Å². The molecule has 2 aliphatic rings. The fourth-order valence-corrected chi connectivity index (χ4v) is 4.60. The second-order valence-electron chi connectivity index (χ2n) is 6.61. The summed E-state index contributed by atoms with van der Waals surface area (Å²) in [4.78, 5) is 16.9. The predicted octanol–water partition coefficient (Wildman–Crippen LogP) is 2.82. The zero-order valence-corrected chi connectivity index (χ0v) is 13.8. The van der Waals surface area contributed by atoms with Crippen LogP contribution in [0.3, 0.4) is 0 Å². The van der Waals surface area contributed by atoms with E-state index < -0.39 is 0 Å². The minimum atomic E-state index is 0.0594. The Morgan fingerprint density at radius 1 is 1.17 bits per heavy atom. The standard InChI is InChI=1S/C18H21N3OS/c19-14-3-1-13(2-4-14)16-5-6-17(23-16)18(22)20-15-9-12-7-8-21(10-12)11-15/h1-6,12,15H,7-11,19H2,(H,20,22)/t12-,15-/m1/s1. The molecule has 3 N–H and O–H groups in total. The minimum absolute atomic E-state index is 0.0594. The lowest BCUT2D eigenvalue weighted by Crippen LogP contribution is -2.46. The number of nitrogens with two attached hydrogens (primary N) is 1. The molecule has 1 unspecified atom stereocenters. The van der Waals surface area contributed by atoms with Gasteiger partial charge in [0.05, 0.1) is 4.88 Å². The SMILES string of the molecule is Nc1ccc(-c2ccc(C(=O)N[C@@H]3C[C@H]4CCN(C4)C3)s2)cc1. The van der Waals surface area contributed by atoms with Gasteiger partial charge >= 0.3 is 0 Å². The maximum Gasteiger partial charge on any atom is 0.261 e. The van der Waals surface area contributed by atoms with E-state index in [2.05, 4.69) is 10.2 Å². The minimum Gasteiger partial charge on any atom is -0.399 e. The van der Waals surface area contributed by atoms with Crippen LogP contribution in [-0.4, -0.2) is 36.5 Å². The van der Waals surface area contributed by atoms with Gasteiger partial charge in [-0.3, -0.25) is 4.79 Å². The highest BCUT2D eigenvalue weighted by Crippen LogP contribution is 2.30. The summed E-state index contributed by atoms with van der Waals surface area (Å²) in [5.41, 5.74) is 7.58. The summed E-state index contributed by atoms with van der Waals surface area (Å²) in [6, 6.07) is 12.0. The van der Waals surface area contributed by atoms with Crippen molar-refractivity contribution in [3.8, 4) is 10.4 Å². The zero-order chi connectivity index (χ0) is 15.8. The van der Waals surface area contributed by atoms with Crippen LogP contribution >= 0.6 is 11.3 Å². The number of nitrogens with one attached hydrogen (secondary N) is 1. The summed E-state index contributed by atoms with van der Waals surface area (Å²) >= 11 is 1.54. The molecule has 3 atom stereocenters. The van der Waals surface area contributed by atoms with Crippen molar-refractivity contribution in [3.63, 3.8) is 0 Å². The topological polar surface area (TPSA) is 58.4 Å². The Bertz CT molecular complexity index is 697. The van der Waals surface area contributed by atoms with E-state index in [-0.39, 0.29) is 5.91 Å². The molecule has 2 saturated heterocycles. The summed E-state index contributed by atoms with van der Waals surface area (Å²) in [7, 11) is 0. The van der Waals surface area contributed by atoms with Crippen LogP contribution < -0.4 is 11.1 Å². The Labute approximate surface area is 140 Å². The van der Waals surface area contributed by atoms with E-state index in [1.54, 1.807) is 0 Å². The van der Waals surface area contributed by atoms with Crippen LogP contribution in [0, 0.1) is 5.92 Å². The molecular weight excluding hydrogens is 306 g/mol. The number of fused-ring (bicyclic) bond motifs is 2. The molecule has 120 valence electrons. The van der Waals surface area contributed by atoms with Crippen molar-refractivity contribution < 1.29 is 4.79 Å². The van der Waals surface area contributed by atoms with Crippen molar-refractivity contribution in [2.75, 3.05) is 25.4 Å². The number of nitrogen functional groups attached to an aromatic ring is 1. The van der Waals surface area contributed by atoms with Crippen LogP contribution in [0.1, 0.15) is 22.5 Å². The summed E-state index contributed by atoms with van der Waals surface area (Å²) in [5.74, 6) is 0.826. The number of carbonyl (C=O) groups excluding carboxylic acids is 1. The summed E-state index contributed by atoms with van der Waals surface area (Å²) < 4.78 is 0. The van der Waals surface area contributed by atoms with E-state index in [9.17, 15) is 4.79 Å². The van der Waals surface area contributed by atoms with Crippen LogP contribution in [0.4, 0.5) is 5.69 Å². The Morgan fingerprint density at radius 3 is 2.78 bits per heavy atom. The first kappa shape index (κ1) is 14.7. The quantitative estimate of drug-likeness (QED) is 0.852. The number of hydrogen-bond acceptors (Lipinski definition) is 4. The number of benzene rings is 1. The zero-order valence-electron chi connectivity index (χ0n) is 13.0. The van der Waals surface area contributed by atoms with Crippen LogP contribution in [-0.2, 0) is 0 Å². The molecule has 2 aromatic rings. The largest absolute Gasteiger partial charge is 0.399 e. The highest BCUT2D eigenvalue weighted by molar-refractivity contribution is 7.17. The number of nitrogens with zero attached hydrogens (tertiary/aromatic N) is 1. The highest BCUT2D eigenvalue weighted by Gasteiger charge is 2.33. The fourth-order valence-electron chi connectivity index (χ4n) is 3.68. The molecule has 1 amide bonds. The maximum absolute atomic E-state index is 12.5. The molecule has 0 aliphatic carbocycles. The third-order valence-electron chi connectivity index (χ3n) is 4.83. The number of rotatable bonds is 3. The molecule has 4 rings (SSSR count). The second-order valence-corrected chi connectivity index (χ2v) is 7.69. The monoisotopic (exact) mass is 327 g/mol. The van der Waals surface area contributed by atoms with E-state index >= 15 is 0 Å². The number of anilines is 1. The lowest BCUT2D eigenvalue weighted by molar-refractivity contribution is 0.0913. The predicted molar refractivity (Wildman–Crippen MR) is 94.6 cm³/mol. The fraction of sp³-hybridized carbons (Fsp3) is 0.389. The van der Waals surface area contributed by atoms with Crippen molar-refractivity contribution in [2.45, 2.75) is 18.9 Å². The molecule has 2 bridgehead atoms. The van der Waals surface area contributed by atoms with E-state index in [4.69, 9.17) is 5.73 Å². The summed E-state index contributed by atoms with van der Waals surface area (Å²) in [6.45, 7) is 3.41. The van der Waals surface area contributed by atoms with Gasteiger partial charge in [-0.05, 0) is 55.1 Å². The third-order valence-corrected chi connectivity index (χ3v) is 5.96. The van der Waals surface area contributed by atoms with Crippen LogP contribution in [0.25, 0.3) is 10.4 Å². The average Bonchev–Trinajstić information content (AvgIpc) is 3.15.